The molecule has 20 heavy (non-hydrogen) atoms. The molecule has 2 aromatic carbocycles. The molecule has 0 saturated heterocycles. The summed E-state index contributed by atoms with van der Waals surface area (Å²) in [7, 11) is 0. The molecule has 0 fully saturated rings. The van der Waals surface area contributed by atoms with Crippen LogP contribution in [0.3, 0.4) is 0 Å². The van der Waals surface area contributed by atoms with Gasteiger partial charge in [0.1, 0.15) is 5.82 Å². The first-order chi connectivity index (χ1) is 9.74. The van der Waals surface area contributed by atoms with Crippen LogP contribution in [0.2, 0.25) is 0 Å². The van der Waals surface area contributed by atoms with E-state index in [0.717, 1.165) is 0 Å². The second-order valence-electron chi connectivity index (χ2n) is 4.78. The monoisotopic (exact) mass is 266 g/mol. The smallest absolute Gasteiger partial charge is 0.214 e. The summed E-state index contributed by atoms with van der Waals surface area (Å²) >= 11 is 0. The molecule has 1 N–H and O–H groups in total. The maximum atomic E-state index is 13.1. The number of nitrogens with zero attached hydrogens (tertiary/aromatic N) is 1. The van der Waals surface area contributed by atoms with Gasteiger partial charge >= 0.3 is 0 Å². The lowest BCUT2D eigenvalue weighted by Gasteiger charge is -2.17. The van der Waals surface area contributed by atoms with E-state index >= 15 is 0 Å². The average Bonchev–Trinajstić information content (AvgIpc) is 2.46. The van der Waals surface area contributed by atoms with Crippen LogP contribution in [0.4, 0.5) is 10.2 Å². The van der Waals surface area contributed by atoms with E-state index in [1.54, 1.807) is 12.1 Å². The van der Waals surface area contributed by atoms with E-state index in [4.69, 9.17) is 0 Å². The number of anilines is 1. The second-order valence-corrected chi connectivity index (χ2v) is 4.78. The molecule has 1 heterocycles. The Morgan fingerprint density at radius 2 is 1.70 bits per heavy atom. The minimum Gasteiger partial charge on any atom is -0.363 e. The molecule has 3 heteroatoms. The number of nitrogens with one attached hydrogen (secondary N) is 1. The van der Waals surface area contributed by atoms with E-state index in [0.29, 0.717) is 5.82 Å². The Hall–Kier alpha value is -2.42. The molecule has 2 nitrogen and oxygen atoms in total. The molecule has 1 atom stereocenters. The van der Waals surface area contributed by atoms with Gasteiger partial charge in [0.25, 0.3) is 0 Å². The highest BCUT2D eigenvalue weighted by Crippen LogP contribution is 2.26. The van der Waals surface area contributed by atoms with Gasteiger partial charge in [0.05, 0.1) is 6.04 Å². The van der Waals surface area contributed by atoms with E-state index in [1.165, 1.54) is 22.4 Å². The van der Waals surface area contributed by atoms with Gasteiger partial charge in [0.2, 0.25) is 5.95 Å². The highest BCUT2D eigenvalue weighted by Gasteiger charge is 2.09. The number of aromatic nitrogens is 1. The number of fused-ring (bicyclic) bond motifs is 1. The van der Waals surface area contributed by atoms with Crippen molar-refractivity contribution in [2.45, 2.75) is 13.0 Å². The van der Waals surface area contributed by atoms with E-state index in [2.05, 4.69) is 34.6 Å². The number of pyridine rings is 1. The first-order valence-electron chi connectivity index (χ1n) is 6.61. The van der Waals surface area contributed by atoms with E-state index < -0.39 is 5.95 Å². The Kier molecular flexibility index (Phi) is 3.33. The van der Waals surface area contributed by atoms with Crippen LogP contribution in [0.5, 0.6) is 0 Å². The van der Waals surface area contributed by atoms with Crippen LogP contribution in [0, 0.1) is 5.95 Å². The SMILES string of the molecule is CC(Nc1cccc(F)n1)c1cccc2ccccc12. The fourth-order valence-electron chi connectivity index (χ4n) is 2.42. The summed E-state index contributed by atoms with van der Waals surface area (Å²) < 4.78 is 13.1. The van der Waals surface area contributed by atoms with E-state index in [9.17, 15) is 4.39 Å². The molecule has 0 aliphatic heterocycles. The third-order valence-electron chi connectivity index (χ3n) is 3.37. The Balaban J connectivity index is 1.94. The van der Waals surface area contributed by atoms with Gasteiger partial charge in [-0.3, -0.25) is 0 Å². The molecule has 3 rings (SSSR count). The predicted molar refractivity (Wildman–Crippen MR) is 80.2 cm³/mol. The highest BCUT2D eigenvalue weighted by molar-refractivity contribution is 5.86. The van der Waals surface area contributed by atoms with Crippen LogP contribution < -0.4 is 5.32 Å². The van der Waals surface area contributed by atoms with E-state index in [1.807, 2.05) is 25.1 Å². The Morgan fingerprint density at radius 1 is 0.950 bits per heavy atom. The lowest BCUT2D eigenvalue weighted by molar-refractivity contribution is 0.584. The first-order valence-corrected chi connectivity index (χ1v) is 6.61. The van der Waals surface area contributed by atoms with Crippen LogP contribution in [-0.2, 0) is 0 Å². The van der Waals surface area contributed by atoms with Crippen molar-refractivity contribution >= 4 is 16.6 Å². The average molecular weight is 266 g/mol. The van der Waals surface area contributed by atoms with Gasteiger partial charge in [-0.2, -0.15) is 4.39 Å². The Labute approximate surface area is 117 Å². The van der Waals surface area contributed by atoms with Gasteiger partial charge in [-0.25, -0.2) is 4.98 Å². The molecule has 0 aliphatic rings. The van der Waals surface area contributed by atoms with Crippen LogP contribution in [0.15, 0.2) is 60.7 Å². The summed E-state index contributed by atoms with van der Waals surface area (Å²) in [5.41, 5.74) is 1.18. The van der Waals surface area contributed by atoms with Crippen molar-refractivity contribution < 1.29 is 4.39 Å². The van der Waals surface area contributed by atoms with Gasteiger partial charge < -0.3 is 5.32 Å². The Bertz CT molecular complexity index is 734. The van der Waals surface area contributed by atoms with Gasteiger partial charge in [-0.15, -0.1) is 0 Å². The molecule has 0 amide bonds. The summed E-state index contributed by atoms with van der Waals surface area (Å²) in [6.45, 7) is 2.05. The molecule has 3 aromatic rings. The number of halogens is 1. The van der Waals surface area contributed by atoms with Crippen molar-refractivity contribution in [2.75, 3.05) is 5.32 Å². The third-order valence-corrected chi connectivity index (χ3v) is 3.37. The fraction of sp³-hybridized carbons (Fsp3) is 0.118. The number of rotatable bonds is 3. The largest absolute Gasteiger partial charge is 0.363 e. The summed E-state index contributed by atoms with van der Waals surface area (Å²) in [5.74, 6) is 0.0746. The molecule has 0 bridgehead atoms. The normalized spacial score (nSPS) is 12.3. The number of hydrogen-bond donors (Lipinski definition) is 1. The Morgan fingerprint density at radius 3 is 2.55 bits per heavy atom. The minimum absolute atomic E-state index is 0.0513. The lowest BCUT2D eigenvalue weighted by atomic mass is 10.00. The number of hydrogen-bond acceptors (Lipinski definition) is 2. The van der Waals surface area contributed by atoms with Gasteiger partial charge in [-0.05, 0) is 35.4 Å². The van der Waals surface area contributed by atoms with Crippen molar-refractivity contribution in [3.05, 3.63) is 72.2 Å². The first kappa shape index (κ1) is 12.6. The molecular weight excluding hydrogens is 251 g/mol. The van der Waals surface area contributed by atoms with Crippen molar-refractivity contribution in [2.24, 2.45) is 0 Å². The van der Waals surface area contributed by atoms with Crippen LogP contribution in [0.1, 0.15) is 18.5 Å². The maximum absolute atomic E-state index is 13.1. The molecule has 0 saturated carbocycles. The zero-order valence-electron chi connectivity index (χ0n) is 11.2. The summed E-state index contributed by atoms with van der Waals surface area (Å²) in [6, 6.07) is 19.3. The number of benzene rings is 2. The van der Waals surface area contributed by atoms with Crippen LogP contribution >= 0.6 is 0 Å². The minimum atomic E-state index is -0.472. The second kappa shape index (κ2) is 5.29. The zero-order chi connectivity index (χ0) is 13.9. The third kappa shape index (κ3) is 2.48. The summed E-state index contributed by atoms with van der Waals surface area (Å²) in [5, 5.41) is 5.64. The van der Waals surface area contributed by atoms with Crippen molar-refractivity contribution in [1.82, 2.24) is 4.98 Å². The molecule has 0 spiro atoms. The molecule has 1 unspecified atom stereocenters. The van der Waals surface area contributed by atoms with E-state index in [-0.39, 0.29) is 6.04 Å². The van der Waals surface area contributed by atoms with Crippen LogP contribution in [0.25, 0.3) is 10.8 Å². The molecule has 1 aromatic heterocycles. The summed E-state index contributed by atoms with van der Waals surface area (Å²) in [6.07, 6.45) is 0. The topological polar surface area (TPSA) is 24.9 Å². The molecule has 0 aliphatic carbocycles. The fourth-order valence-corrected chi connectivity index (χ4v) is 2.42. The van der Waals surface area contributed by atoms with Gasteiger partial charge in [0.15, 0.2) is 0 Å². The van der Waals surface area contributed by atoms with Crippen LogP contribution in [-0.4, -0.2) is 4.98 Å². The highest BCUT2D eigenvalue weighted by atomic mass is 19.1. The molecular formula is C17H15FN2. The predicted octanol–water partition coefficient (Wildman–Crippen LogP) is 4.55. The molecule has 0 radical (unpaired) electrons. The van der Waals surface area contributed by atoms with Gasteiger partial charge in [0, 0.05) is 0 Å². The lowest BCUT2D eigenvalue weighted by Crippen LogP contribution is -2.08. The molecule has 100 valence electrons. The standard InChI is InChI=1S/C17H15FN2/c1-12(19-17-11-5-10-16(18)20-17)14-9-4-7-13-6-2-3-8-15(13)14/h2-12H,1H3,(H,19,20). The van der Waals surface area contributed by atoms with Crippen molar-refractivity contribution in [3.8, 4) is 0 Å². The van der Waals surface area contributed by atoms with Crippen molar-refractivity contribution in [3.63, 3.8) is 0 Å². The zero-order valence-corrected chi connectivity index (χ0v) is 11.2. The van der Waals surface area contributed by atoms with Crippen molar-refractivity contribution in [1.29, 1.82) is 0 Å². The van der Waals surface area contributed by atoms with Gasteiger partial charge in [-0.1, -0.05) is 48.5 Å². The maximum Gasteiger partial charge on any atom is 0.214 e. The summed E-state index contributed by atoms with van der Waals surface area (Å²) in [4.78, 5) is 3.84. The quantitative estimate of drug-likeness (QED) is 0.704.